The highest BCUT2D eigenvalue weighted by atomic mass is 35.5. The summed E-state index contributed by atoms with van der Waals surface area (Å²) in [4.78, 5) is 2.51. The molecule has 3 saturated heterocycles. The van der Waals surface area contributed by atoms with Gasteiger partial charge in [-0.25, -0.2) is 0 Å². The molecule has 3 aliphatic rings. The van der Waals surface area contributed by atoms with E-state index in [9.17, 15) is 5.11 Å². The molecular weight excluding hydrogens is 369 g/mol. The van der Waals surface area contributed by atoms with Crippen molar-refractivity contribution in [2.45, 2.75) is 31.7 Å². The molecule has 26 heavy (non-hydrogen) atoms. The average molecular weight is 394 g/mol. The number of piperidine rings is 3. The molecule has 2 aromatic carbocycles. The molecule has 2 atom stereocenters. The van der Waals surface area contributed by atoms with E-state index in [1.807, 2.05) is 24.3 Å². The molecule has 0 aliphatic carbocycles. The minimum atomic E-state index is -0.630. The first-order valence-electron chi connectivity index (χ1n) is 9.05. The quantitative estimate of drug-likeness (QED) is 0.813. The fourth-order valence-corrected chi connectivity index (χ4v) is 4.06. The lowest BCUT2D eigenvalue weighted by Crippen LogP contribution is -2.51. The van der Waals surface area contributed by atoms with Gasteiger partial charge in [0, 0.05) is 11.6 Å². The maximum Gasteiger partial charge on any atom is 0.104 e. The van der Waals surface area contributed by atoms with Crippen molar-refractivity contribution >= 4 is 24.0 Å². The smallest absolute Gasteiger partial charge is 0.104 e. The van der Waals surface area contributed by atoms with E-state index in [0.29, 0.717) is 17.7 Å². The summed E-state index contributed by atoms with van der Waals surface area (Å²) in [7, 11) is 0. The summed E-state index contributed by atoms with van der Waals surface area (Å²) in [5.41, 5.74) is 2.89. The van der Waals surface area contributed by atoms with E-state index in [4.69, 9.17) is 16.3 Å². The molecule has 0 aromatic heterocycles. The molecule has 3 heterocycles. The van der Waals surface area contributed by atoms with E-state index in [1.165, 1.54) is 25.9 Å². The first-order valence-corrected chi connectivity index (χ1v) is 9.43. The van der Waals surface area contributed by atoms with Gasteiger partial charge in [-0.15, -0.1) is 12.4 Å². The number of aliphatic hydroxyl groups excluding tert-OH is 1. The Labute approximate surface area is 166 Å². The second-order valence-electron chi connectivity index (χ2n) is 7.18. The van der Waals surface area contributed by atoms with Crippen LogP contribution >= 0.6 is 24.0 Å². The molecule has 0 amide bonds. The maximum absolute atomic E-state index is 10.5. The minimum Gasteiger partial charge on any atom is -0.384 e. The second-order valence-corrected chi connectivity index (χ2v) is 7.62. The Morgan fingerprint density at radius 3 is 2.12 bits per heavy atom. The van der Waals surface area contributed by atoms with Crippen LogP contribution in [-0.2, 0) is 11.3 Å². The lowest BCUT2D eigenvalue weighted by Gasteiger charge is -2.44. The maximum atomic E-state index is 10.5. The molecule has 140 valence electrons. The molecule has 2 unspecified atom stereocenters. The third-order valence-corrected chi connectivity index (χ3v) is 5.79. The Balaban J connectivity index is 0.00000196. The summed E-state index contributed by atoms with van der Waals surface area (Å²) in [5, 5.41) is 11.2. The van der Waals surface area contributed by atoms with Gasteiger partial charge in [0.2, 0.25) is 0 Å². The van der Waals surface area contributed by atoms with Crippen molar-refractivity contribution in [2.24, 2.45) is 5.92 Å². The van der Waals surface area contributed by atoms with E-state index < -0.39 is 6.10 Å². The van der Waals surface area contributed by atoms with Gasteiger partial charge in [0.15, 0.2) is 0 Å². The zero-order chi connectivity index (χ0) is 17.2. The fraction of sp³-hybridized carbons (Fsp3) is 0.429. The van der Waals surface area contributed by atoms with Gasteiger partial charge in [-0.3, -0.25) is 0 Å². The standard InChI is InChI=1S/C21H24ClNO2.ClH/c22-19-7-5-18(6-8-19)21(24)17-3-1-15(2-4-17)14-25-20-13-23-11-9-16(20)10-12-23;/h1-8,16,20-21,24H,9-14H2;1H. The summed E-state index contributed by atoms with van der Waals surface area (Å²) in [6.45, 7) is 4.20. The van der Waals surface area contributed by atoms with Crippen LogP contribution in [0.15, 0.2) is 48.5 Å². The average Bonchev–Trinajstić information content (AvgIpc) is 2.68. The number of halogens is 2. The van der Waals surface area contributed by atoms with Crippen LogP contribution in [0, 0.1) is 5.92 Å². The molecule has 3 nitrogen and oxygen atoms in total. The first kappa shape index (κ1) is 19.7. The SMILES string of the molecule is Cl.OC(c1ccc(Cl)cc1)c1ccc(COC2CN3CCC2CC3)cc1. The highest BCUT2D eigenvalue weighted by molar-refractivity contribution is 6.30. The molecule has 5 heteroatoms. The van der Waals surface area contributed by atoms with Crippen LogP contribution in [0.3, 0.4) is 0 Å². The van der Waals surface area contributed by atoms with Crippen LogP contribution in [0.1, 0.15) is 35.6 Å². The Hall–Kier alpha value is -1.10. The third kappa shape index (κ3) is 4.41. The lowest BCUT2D eigenvalue weighted by atomic mass is 9.86. The number of aliphatic hydroxyl groups is 1. The summed E-state index contributed by atoms with van der Waals surface area (Å²) >= 11 is 5.91. The van der Waals surface area contributed by atoms with Crippen molar-refractivity contribution in [3.05, 3.63) is 70.2 Å². The molecular formula is C21H25Cl2NO2. The lowest BCUT2D eigenvalue weighted by molar-refractivity contribution is -0.0765. The van der Waals surface area contributed by atoms with Crippen molar-refractivity contribution in [2.75, 3.05) is 19.6 Å². The van der Waals surface area contributed by atoms with Crippen molar-refractivity contribution in [1.29, 1.82) is 0 Å². The van der Waals surface area contributed by atoms with Crippen LogP contribution in [0.25, 0.3) is 0 Å². The molecule has 2 bridgehead atoms. The van der Waals surface area contributed by atoms with Gasteiger partial charge in [-0.05, 0) is 60.7 Å². The number of nitrogens with zero attached hydrogens (tertiary/aromatic N) is 1. The molecule has 5 rings (SSSR count). The third-order valence-electron chi connectivity index (χ3n) is 5.54. The van der Waals surface area contributed by atoms with Crippen LogP contribution in [0.2, 0.25) is 5.02 Å². The number of ether oxygens (including phenoxy) is 1. The predicted octanol–water partition coefficient (Wildman–Crippen LogP) is 4.45. The molecule has 0 radical (unpaired) electrons. The summed E-state index contributed by atoms with van der Waals surface area (Å²) < 4.78 is 6.18. The highest BCUT2D eigenvalue weighted by Gasteiger charge is 2.34. The van der Waals surface area contributed by atoms with Gasteiger partial charge in [0.05, 0.1) is 12.7 Å². The predicted molar refractivity (Wildman–Crippen MR) is 107 cm³/mol. The Morgan fingerprint density at radius 2 is 1.58 bits per heavy atom. The van der Waals surface area contributed by atoms with E-state index in [0.717, 1.165) is 29.2 Å². The molecule has 3 fully saturated rings. The first-order chi connectivity index (χ1) is 12.2. The zero-order valence-corrected chi connectivity index (χ0v) is 16.3. The van der Waals surface area contributed by atoms with E-state index in [1.54, 1.807) is 12.1 Å². The Kier molecular flexibility index (Phi) is 6.60. The van der Waals surface area contributed by atoms with Gasteiger partial charge in [0.1, 0.15) is 6.10 Å². The van der Waals surface area contributed by atoms with Crippen molar-refractivity contribution in [3.8, 4) is 0 Å². The Morgan fingerprint density at radius 1 is 1.00 bits per heavy atom. The fourth-order valence-electron chi connectivity index (χ4n) is 3.94. The molecule has 0 saturated carbocycles. The molecule has 3 aliphatic heterocycles. The van der Waals surface area contributed by atoms with Gasteiger partial charge in [0.25, 0.3) is 0 Å². The minimum absolute atomic E-state index is 0. The largest absolute Gasteiger partial charge is 0.384 e. The van der Waals surface area contributed by atoms with Gasteiger partial charge in [-0.2, -0.15) is 0 Å². The second kappa shape index (κ2) is 8.73. The van der Waals surface area contributed by atoms with Crippen LogP contribution in [-0.4, -0.2) is 35.7 Å². The van der Waals surface area contributed by atoms with Crippen molar-refractivity contribution < 1.29 is 9.84 Å². The number of hydrogen-bond acceptors (Lipinski definition) is 3. The van der Waals surface area contributed by atoms with Crippen molar-refractivity contribution in [3.63, 3.8) is 0 Å². The molecule has 2 aromatic rings. The van der Waals surface area contributed by atoms with Crippen LogP contribution in [0.4, 0.5) is 0 Å². The number of fused-ring (bicyclic) bond motifs is 3. The van der Waals surface area contributed by atoms with Crippen LogP contribution in [0.5, 0.6) is 0 Å². The summed E-state index contributed by atoms with van der Waals surface area (Å²) in [6, 6.07) is 15.4. The summed E-state index contributed by atoms with van der Waals surface area (Å²) in [6.07, 6.45) is 2.30. The highest BCUT2D eigenvalue weighted by Crippen LogP contribution is 2.30. The van der Waals surface area contributed by atoms with Gasteiger partial charge >= 0.3 is 0 Å². The van der Waals surface area contributed by atoms with E-state index >= 15 is 0 Å². The van der Waals surface area contributed by atoms with E-state index in [2.05, 4.69) is 17.0 Å². The topological polar surface area (TPSA) is 32.7 Å². The van der Waals surface area contributed by atoms with Crippen LogP contribution < -0.4 is 0 Å². The monoisotopic (exact) mass is 393 g/mol. The molecule has 0 spiro atoms. The van der Waals surface area contributed by atoms with E-state index in [-0.39, 0.29) is 12.4 Å². The van der Waals surface area contributed by atoms with Gasteiger partial charge in [-0.1, -0.05) is 48.0 Å². The number of benzene rings is 2. The van der Waals surface area contributed by atoms with Crippen molar-refractivity contribution in [1.82, 2.24) is 4.90 Å². The normalized spacial score (nSPS) is 25.5. The zero-order valence-electron chi connectivity index (χ0n) is 14.7. The van der Waals surface area contributed by atoms with Gasteiger partial charge < -0.3 is 14.7 Å². The number of rotatable bonds is 5. The Bertz CT molecular complexity index is 697. The number of hydrogen-bond donors (Lipinski definition) is 1. The summed E-state index contributed by atoms with van der Waals surface area (Å²) in [5.74, 6) is 0.732. The molecule has 1 N–H and O–H groups in total.